The molecule has 3 aromatic heterocycles. The third-order valence-corrected chi connectivity index (χ3v) is 4.99. The summed E-state index contributed by atoms with van der Waals surface area (Å²) in [5.74, 6) is -0.772. The largest absolute Gasteiger partial charge is 0.481 e. The molecule has 0 aromatic carbocycles. The van der Waals surface area contributed by atoms with Crippen LogP contribution in [-0.4, -0.2) is 32.8 Å². The number of ether oxygens (including phenoxy) is 1. The quantitative estimate of drug-likeness (QED) is 0.420. The zero-order valence-corrected chi connectivity index (χ0v) is 16.9. The summed E-state index contributed by atoms with van der Waals surface area (Å²) in [6.07, 6.45) is 4.82. The van der Waals surface area contributed by atoms with Crippen molar-refractivity contribution in [1.29, 1.82) is 0 Å². The van der Waals surface area contributed by atoms with Gasteiger partial charge in [0.05, 0.1) is 17.8 Å². The Morgan fingerprint density at radius 3 is 2.79 bits per heavy atom. The fourth-order valence-electron chi connectivity index (χ4n) is 3.51. The highest BCUT2D eigenvalue weighted by atomic mass is 35.5. The molecule has 0 radical (unpaired) electrons. The van der Waals surface area contributed by atoms with Crippen LogP contribution in [0.25, 0.3) is 16.6 Å². The third kappa shape index (κ3) is 4.34. The maximum atomic E-state index is 10.9. The fourth-order valence-corrected chi connectivity index (χ4v) is 3.68. The lowest BCUT2D eigenvalue weighted by Crippen LogP contribution is -2.10. The number of halogens is 1. The molecular formula is C21H24ClN3O3. The predicted octanol–water partition coefficient (Wildman–Crippen LogP) is 4.56. The smallest absolute Gasteiger partial charge is 0.303 e. The second-order valence-corrected chi connectivity index (χ2v) is 7.06. The monoisotopic (exact) mass is 401 g/mol. The number of nitrogens with zero attached hydrogens (tertiary/aromatic N) is 3. The van der Waals surface area contributed by atoms with Gasteiger partial charge in [0.2, 0.25) is 0 Å². The number of unbranched alkanes of at least 4 members (excludes halogenated alkanes) is 1. The standard InChI is InChI=1S/C21H24ClN3O3/c1-3-15-8-9-18-21(14-10-11-23-19(22)12-14)16(6-4-5-7-20(26)27)17(13-28-2)24-25(15)18/h8-12H,3-7,13H2,1-2H3,(H,26,27). The summed E-state index contributed by atoms with van der Waals surface area (Å²) in [7, 11) is 1.65. The molecule has 148 valence electrons. The van der Waals surface area contributed by atoms with Gasteiger partial charge < -0.3 is 9.84 Å². The minimum Gasteiger partial charge on any atom is -0.481 e. The Balaban J connectivity index is 2.17. The second kappa shape index (κ2) is 9.17. The fraction of sp³-hybridized carbons (Fsp3) is 0.381. The number of carboxylic acids is 1. The lowest BCUT2D eigenvalue weighted by Gasteiger charge is -2.17. The van der Waals surface area contributed by atoms with Gasteiger partial charge in [-0.15, -0.1) is 0 Å². The van der Waals surface area contributed by atoms with E-state index in [2.05, 4.69) is 24.0 Å². The molecule has 6 nitrogen and oxygen atoms in total. The van der Waals surface area contributed by atoms with Gasteiger partial charge in [-0.05, 0) is 61.1 Å². The number of rotatable bonds is 9. The van der Waals surface area contributed by atoms with Crippen LogP contribution in [-0.2, 0) is 29.0 Å². The van der Waals surface area contributed by atoms with Crippen molar-refractivity contribution in [2.45, 2.75) is 45.6 Å². The van der Waals surface area contributed by atoms with Gasteiger partial charge in [-0.1, -0.05) is 18.5 Å². The number of hydrogen-bond acceptors (Lipinski definition) is 4. The Bertz CT molecular complexity index is 984. The average Bonchev–Trinajstić information content (AvgIpc) is 3.07. The Hall–Kier alpha value is -2.44. The van der Waals surface area contributed by atoms with E-state index in [1.807, 2.05) is 16.6 Å². The number of aliphatic carboxylic acids is 1. The molecule has 0 spiro atoms. The zero-order valence-electron chi connectivity index (χ0n) is 16.1. The molecule has 0 saturated heterocycles. The van der Waals surface area contributed by atoms with Crippen LogP contribution in [0.3, 0.4) is 0 Å². The van der Waals surface area contributed by atoms with Gasteiger partial charge in [0, 0.05) is 31.0 Å². The van der Waals surface area contributed by atoms with Gasteiger partial charge in [0.1, 0.15) is 5.15 Å². The number of fused-ring (bicyclic) bond motifs is 1. The van der Waals surface area contributed by atoms with Crippen LogP contribution in [0.5, 0.6) is 0 Å². The number of carboxylic acid groups (broad SMARTS) is 1. The van der Waals surface area contributed by atoms with Crippen LogP contribution >= 0.6 is 11.6 Å². The molecule has 0 saturated carbocycles. The van der Waals surface area contributed by atoms with Gasteiger partial charge in [-0.25, -0.2) is 9.50 Å². The minimum absolute atomic E-state index is 0.164. The first-order valence-electron chi connectivity index (χ1n) is 9.40. The SMILES string of the molecule is CCc1ccc2c(-c3ccnc(Cl)c3)c(CCCCC(=O)O)c(COC)nn12. The molecule has 0 unspecified atom stereocenters. The van der Waals surface area contributed by atoms with Crippen LogP contribution < -0.4 is 0 Å². The summed E-state index contributed by atoms with van der Waals surface area (Å²) in [4.78, 5) is 15.0. The summed E-state index contributed by atoms with van der Waals surface area (Å²) in [6, 6.07) is 7.95. The molecule has 0 fully saturated rings. The topological polar surface area (TPSA) is 76.7 Å². The molecule has 0 bridgehead atoms. The average molecular weight is 402 g/mol. The Morgan fingerprint density at radius 1 is 1.29 bits per heavy atom. The highest BCUT2D eigenvalue weighted by Crippen LogP contribution is 2.33. The van der Waals surface area contributed by atoms with E-state index in [0.29, 0.717) is 18.2 Å². The number of methoxy groups -OCH3 is 1. The Kier molecular flexibility index (Phi) is 6.65. The number of aryl methyl sites for hydroxylation is 1. The molecule has 3 heterocycles. The van der Waals surface area contributed by atoms with Crippen LogP contribution in [0.4, 0.5) is 0 Å². The number of aromatic nitrogens is 3. The van der Waals surface area contributed by atoms with E-state index < -0.39 is 5.97 Å². The van der Waals surface area contributed by atoms with Gasteiger partial charge in [-0.3, -0.25) is 4.79 Å². The van der Waals surface area contributed by atoms with E-state index >= 15 is 0 Å². The first kappa shape index (κ1) is 20.3. The molecule has 1 N–H and O–H groups in total. The summed E-state index contributed by atoms with van der Waals surface area (Å²) >= 11 is 6.17. The highest BCUT2D eigenvalue weighted by molar-refractivity contribution is 6.29. The third-order valence-electron chi connectivity index (χ3n) is 4.79. The molecule has 0 aliphatic heterocycles. The van der Waals surface area contributed by atoms with Crippen LogP contribution in [0.1, 0.15) is 43.1 Å². The van der Waals surface area contributed by atoms with Crippen molar-refractivity contribution in [3.63, 3.8) is 0 Å². The highest BCUT2D eigenvalue weighted by Gasteiger charge is 2.19. The van der Waals surface area contributed by atoms with Crippen molar-refractivity contribution in [2.75, 3.05) is 7.11 Å². The molecule has 7 heteroatoms. The van der Waals surface area contributed by atoms with Crippen LogP contribution in [0, 0.1) is 0 Å². The first-order valence-corrected chi connectivity index (χ1v) is 9.78. The second-order valence-electron chi connectivity index (χ2n) is 6.68. The molecule has 3 aromatic rings. The zero-order chi connectivity index (χ0) is 20.1. The molecule has 0 aliphatic carbocycles. The molecule has 28 heavy (non-hydrogen) atoms. The van der Waals surface area contributed by atoms with Gasteiger partial charge in [0.15, 0.2) is 0 Å². The Morgan fingerprint density at radius 2 is 2.11 bits per heavy atom. The lowest BCUT2D eigenvalue weighted by molar-refractivity contribution is -0.137. The number of carbonyl (C=O) groups is 1. The maximum absolute atomic E-state index is 10.9. The van der Waals surface area contributed by atoms with Gasteiger partial charge >= 0.3 is 5.97 Å². The van der Waals surface area contributed by atoms with E-state index in [0.717, 1.165) is 52.9 Å². The number of hydrogen-bond donors (Lipinski definition) is 1. The van der Waals surface area contributed by atoms with Gasteiger partial charge in [-0.2, -0.15) is 5.10 Å². The predicted molar refractivity (Wildman–Crippen MR) is 109 cm³/mol. The van der Waals surface area contributed by atoms with E-state index in [9.17, 15) is 4.79 Å². The minimum atomic E-state index is -0.772. The van der Waals surface area contributed by atoms with Crippen molar-refractivity contribution in [3.8, 4) is 11.1 Å². The van der Waals surface area contributed by atoms with E-state index in [1.54, 1.807) is 13.3 Å². The lowest BCUT2D eigenvalue weighted by atomic mass is 9.95. The van der Waals surface area contributed by atoms with Crippen LogP contribution in [0.2, 0.25) is 5.15 Å². The first-order chi connectivity index (χ1) is 13.5. The van der Waals surface area contributed by atoms with Gasteiger partial charge in [0.25, 0.3) is 0 Å². The van der Waals surface area contributed by atoms with Crippen molar-refractivity contribution < 1.29 is 14.6 Å². The number of pyridine rings is 1. The van der Waals surface area contributed by atoms with Crippen LogP contribution in [0.15, 0.2) is 30.5 Å². The van der Waals surface area contributed by atoms with Crippen molar-refractivity contribution in [1.82, 2.24) is 14.6 Å². The Labute approximate surface area is 169 Å². The van der Waals surface area contributed by atoms with Crippen molar-refractivity contribution in [2.24, 2.45) is 0 Å². The van der Waals surface area contributed by atoms with Crippen molar-refractivity contribution >= 4 is 23.1 Å². The maximum Gasteiger partial charge on any atom is 0.303 e. The summed E-state index contributed by atoms with van der Waals surface area (Å²) < 4.78 is 7.39. The molecule has 0 atom stereocenters. The van der Waals surface area contributed by atoms with E-state index in [4.69, 9.17) is 26.5 Å². The van der Waals surface area contributed by atoms with E-state index in [-0.39, 0.29) is 6.42 Å². The summed E-state index contributed by atoms with van der Waals surface area (Å²) in [5.41, 5.74) is 6.08. The molecule has 3 rings (SSSR count). The normalized spacial score (nSPS) is 11.2. The molecule has 0 amide bonds. The summed E-state index contributed by atoms with van der Waals surface area (Å²) in [6.45, 7) is 2.49. The molecular weight excluding hydrogens is 378 g/mol. The van der Waals surface area contributed by atoms with E-state index in [1.165, 1.54) is 0 Å². The molecule has 0 aliphatic rings. The summed E-state index contributed by atoms with van der Waals surface area (Å²) in [5, 5.41) is 14.2. The van der Waals surface area contributed by atoms with Crippen molar-refractivity contribution in [3.05, 3.63) is 52.6 Å².